The Kier molecular flexibility index (Phi) is 5.95. The number of nitrogens with zero attached hydrogens (tertiary/aromatic N) is 2. The maximum absolute atomic E-state index is 5.47. The average Bonchev–Trinajstić information content (AvgIpc) is 2.89. The maximum Gasteiger partial charge on any atom is 0.202 e. The minimum absolute atomic E-state index is 0.777. The smallest absolute Gasteiger partial charge is 0.202 e. The Morgan fingerprint density at radius 2 is 2.05 bits per heavy atom. The molecule has 1 aromatic heterocycles. The molecular formula is C15H22N4S. The molecule has 0 radical (unpaired) electrons. The molecule has 0 aliphatic carbocycles. The van der Waals surface area contributed by atoms with Crippen LogP contribution in [0.1, 0.15) is 36.2 Å². The molecule has 0 saturated heterocycles. The van der Waals surface area contributed by atoms with Crippen LogP contribution >= 0.6 is 11.5 Å². The van der Waals surface area contributed by atoms with Crippen LogP contribution in [0.15, 0.2) is 24.3 Å². The SMILES string of the molecule is Cc1ccccc1Cc1nsc(NCCCCCN)n1. The summed E-state index contributed by atoms with van der Waals surface area (Å²) < 4.78 is 4.42. The zero-order valence-corrected chi connectivity index (χ0v) is 12.7. The molecule has 108 valence electrons. The van der Waals surface area contributed by atoms with Crippen LogP contribution in [-0.4, -0.2) is 22.4 Å². The molecule has 20 heavy (non-hydrogen) atoms. The van der Waals surface area contributed by atoms with Gasteiger partial charge in [0.1, 0.15) is 5.82 Å². The minimum Gasteiger partial charge on any atom is -0.360 e. The molecule has 0 saturated carbocycles. The fourth-order valence-electron chi connectivity index (χ4n) is 2.02. The Morgan fingerprint density at radius 3 is 2.85 bits per heavy atom. The number of aromatic nitrogens is 2. The number of rotatable bonds is 8. The van der Waals surface area contributed by atoms with E-state index in [1.807, 2.05) is 0 Å². The van der Waals surface area contributed by atoms with Gasteiger partial charge in [0.15, 0.2) is 0 Å². The highest BCUT2D eigenvalue weighted by Crippen LogP contribution is 2.16. The third kappa shape index (κ3) is 4.58. The Hall–Kier alpha value is -1.46. The highest BCUT2D eigenvalue weighted by Gasteiger charge is 2.06. The van der Waals surface area contributed by atoms with E-state index in [9.17, 15) is 0 Å². The van der Waals surface area contributed by atoms with E-state index in [4.69, 9.17) is 5.73 Å². The Bertz CT molecular complexity index is 524. The lowest BCUT2D eigenvalue weighted by Gasteiger charge is -2.02. The van der Waals surface area contributed by atoms with E-state index in [1.54, 1.807) is 0 Å². The van der Waals surface area contributed by atoms with E-state index < -0.39 is 0 Å². The molecule has 0 amide bonds. The fraction of sp³-hybridized carbons (Fsp3) is 0.467. The van der Waals surface area contributed by atoms with Crippen LogP contribution in [0.4, 0.5) is 5.13 Å². The third-order valence-corrected chi connectivity index (χ3v) is 3.95. The zero-order valence-electron chi connectivity index (χ0n) is 11.9. The summed E-state index contributed by atoms with van der Waals surface area (Å²) in [6, 6.07) is 8.38. The van der Waals surface area contributed by atoms with Gasteiger partial charge in [0.2, 0.25) is 5.13 Å². The van der Waals surface area contributed by atoms with Crippen LogP contribution in [0.3, 0.4) is 0 Å². The first kappa shape index (κ1) is 14.9. The zero-order chi connectivity index (χ0) is 14.2. The molecule has 4 nitrogen and oxygen atoms in total. The van der Waals surface area contributed by atoms with Gasteiger partial charge in [0, 0.05) is 24.5 Å². The van der Waals surface area contributed by atoms with Crippen molar-refractivity contribution in [1.82, 2.24) is 9.36 Å². The number of anilines is 1. The number of unbranched alkanes of at least 4 members (excludes halogenated alkanes) is 2. The van der Waals surface area contributed by atoms with Gasteiger partial charge in [0.25, 0.3) is 0 Å². The first-order valence-corrected chi connectivity index (χ1v) is 7.88. The van der Waals surface area contributed by atoms with Gasteiger partial charge in [-0.25, -0.2) is 4.98 Å². The van der Waals surface area contributed by atoms with Crippen LogP contribution in [0.5, 0.6) is 0 Å². The van der Waals surface area contributed by atoms with Gasteiger partial charge in [-0.15, -0.1) is 0 Å². The summed E-state index contributed by atoms with van der Waals surface area (Å²) in [5.41, 5.74) is 8.05. The number of hydrogen-bond acceptors (Lipinski definition) is 5. The molecule has 0 spiro atoms. The van der Waals surface area contributed by atoms with Crippen molar-refractivity contribution in [3.63, 3.8) is 0 Å². The van der Waals surface area contributed by atoms with Crippen LogP contribution in [-0.2, 0) is 6.42 Å². The lowest BCUT2D eigenvalue weighted by Crippen LogP contribution is -2.03. The van der Waals surface area contributed by atoms with Crippen LogP contribution in [0, 0.1) is 6.92 Å². The molecule has 3 N–H and O–H groups in total. The monoisotopic (exact) mass is 290 g/mol. The largest absolute Gasteiger partial charge is 0.360 e. The van der Waals surface area contributed by atoms with Gasteiger partial charge < -0.3 is 11.1 Å². The molecular weight excluding hydrogens is 268 g/mol. The van der Waals surface area contributed by atoms with Gasteiger partial charge in [-0.1, -0.05) is 30.7 Å². The molecule has 0 unspecified atom stereocenters. The topological polar surface area (TPSA) is 63.8 Å². The van der Waals surface area contributed by atoms with Crippen LogP contribution in [0.2, 0.25) is 0 Å². The molecule has 1 aromatic carbocycles. The number of hydrogen-bond donors (Lipinski definition) is 2. The highest BCUT2D eigenvalue weighted by atomic mass is 32.1. The number of nitrogens with one attached hydrogen (secondary N) is 1. The summed E-state index contributed by atoms with van der Waals surface area (Å²) in [6.07, 6.45) is 4.19. The lowest BCUT2D eigenvalue weighted by molar-refractivity contribution is 0.707. The molecule has 1 heterocycles. The molecule has 2 rings (SSSR count). The van der Waals surface area contributed by atoms with Crippen molar-refractivity contribution < 1.29 is 0 Å². The molecule has 0 aliphatic rings. The first-order valence-electron chi connectivity index (χ1n) is 7.10. The predicted octanol–water partition coefficient (Wildman–Crippen LogP) is 2.98. The number of nitrogens with two attached hydrogens (primary N) is 1. The third-order valence-electron chi connectivity index (χ3n) is 3.24. The van der Waals surface area contributed by atoms with E-state index in [0.717, 1.165) is 43.3 Å². The second-order valence-corrected chi connectivity index (χ2v) is 5.65. The minimum atomic E-state index is 0.777. The van der Waals surface area contributed by atoms with E-state index in [2.05, 4.69) is 45.9 Å². The summed E-state index contributed by atoms with van der Waals surface area (Å²) >= 11 is 1.44. The Balaban J connectivity index is 1.82. The van der Waals surface area contributed by atoms with Crippen molar-refractivity contribution in [2.75, 3.05) is 18.4 Å². The number of aryl methyl sites for hydroxylation is 1. The van der Waals surface area contributed by atoms with Gasteiger partial charge in [-0.05, 0) is 37.4 Å². The standard InChI is InChI=1S/C15H22N4S/c1-12-7-3-4-8-13(12)11-14-18-15(20-19-14)17-10-6-2-5-9-16/h3-4,7-8H,2,5-6,9-11,16H2,1H3,(H,17,18,19). The van der Waals surface area contributed by atoms with Crippen molar-refractivity contribution in [2.45, 2.75) is 32.6 Å². The molecule has 0 aliphatic heterocycles. The quantitative estimate of drug-likeness (QED) is 0.734. The van der Waals surface area contributed by atoms with Crippen molar-refractivity contribution in [1.29, 1.82) is 0 Å². The second-order valence-electron chi connectivity index (χ2n) is 4.90. The average molecular weight is 290 g/mol. The maximum atomic E-state index is 5.47. The molecule has 0 atom stereocenters. The van der Waals surface area contributed by atoms with Gasteiger partial charge >= 0.3 is 0 Å². The molecule has 2 aromatic rings. The van der Waals surface area contributed by atoms with Crippen LogP contribution < -0.4 is 11.1 Å². The summed E-state index contributed by atoms with van der Waals surface area (Å²) in [5.74, 6) is 0.897. The van der Waals surface area contributed by atoms with Crippen LogP contribution in [0.25, 0.3) is 0 Å². The van der Waals surface area contributed by atoms with Gasteiger partial charge in [-0.2, -0.15) is 4.37 Å². The molecule has 0 fully saturated rings. The lowest BCUT2D eigenvalue weighted by atomic mass is 10.1. The van der Waals surface area contributed by atoms with Crippen molar-refractivity contribution in [3.05, 3.63) is 41.2 Å². The van der Waals surface area contributed by atoms with Gasteiger partial charge in [0.05, 0.1) is 0 Å². The normalized spacial score (nSPS) is 10.7. The number of benzene rings is 1. The van der Waals surface area contributed by atoms with E-state index in [-0.39, 0.29) is 0 Å². The summed E-state index contributed by atoms with van der Waals surface area (Å²) in [7, 11) is 0. The Labute approximate surface area is 124 Å². The fourth-order valence-corrected chi connectivity index (χ4v) is 2.63. The second kappa shape index (κ2) is 7.97. The highest BCUT2D eigenvalue weighted by molar-refractivity contribution is 7.09. The summed E-state index contributed by atoms with van der Waals surface area (Å²) in [5, 5.41) is 4.25. The molecule has 5 heteroatoms. The van der Waals surface area contributed by atoms with Gasteiger partial charge in [-0.3, -0.25) is 0 Å². The van der Waals surface area contributed by atoms with E-state index in [1.165, 1.54) is 29.1 Å². The van der Waals surface area contributed by atoms with Crippen molar-refractivity contribution in [2.24, 2.45) is 5.73 Å². The van der Waals surface area contributed by atoms with E-state index >= 15 is 0 Å². The van der Waals surface area contributed by atoms with E-state index in [0.29, 0.717) is 0 Å². The van der Waals surface area contributed by atoms with Crippen molar-refractivity contribution >= 4 is 16.7 Å². The first-order chi connectivity index (χ1) is 9.79. The Morgan fingerprint density at radius 1 is 1.20 bits per heavy atom. The summed E-state index contributed by atoms with van der Waals surface area (Å²) in [4.78, 5) is 4.54. The predicted molar refractivity (Wildman–Crippen MR) is 85.3 cm³/mol. The molecule has 0 bridgehead atoms. The summed E-state index contributed by atoms with van der Waals surface area (Å²) in [6.45, 7) is 3.84. The van der Waals surface area contributed by atoms with Crippen molar-refractivity contribution in [3.8, 4) is 0 Å².